The zero-order chi connectivity index (χ0) is 12.1. The standard InChI is InChI=1S/2C5H5.C4H6O2.Ti/c2*1-2-4-5-3-1;1-2-3-4(5)6;/h2*1-5H;2H,1,3H2,(H,5,6);. The quantitative estimate of drug-likeness (QED) is 0.615. The monoisotopic (exact) mass is 264 g/mol. The van der Waals surface area contributed by atoms with E-state index < -0.39 is 5.97 Å². The summed E-state index contributed by atoms with van der Waals surface area (Å²) in [5.41, 5.74) is 0. The molecule has 0 spiro atoms. The van der Waals surface area contributed by atoms with Crippen LogP contribution in [0.5, 0.6) is 0 Å². The largest absolute Gasteiger partial charge is 0.481 e. The van der Waals surface area contributed by atoms with Crippen LogP contribution in [0, 0.1) is 64.2 Å². The average molecular weight is 264 g/mol. The maximum Gasteiger partial charge on any atom is 0.307 e. The van der Waals surface area contributed by atoms with Gasteiger partial charge in [-0.3, -0.25) is 4.79 Å². The molecule has 2 fully saturated rings. The van der Waals surface area contributed by atoms with Gasteiger partial charge >= 0.3 is 5.97 Å². The van der Waals surface area contributed by atoms with Crippen LogP contribution >= 0.6 is 0 Å². The second kappa shape index (κ2) is 15.9. The van der Waals surface area contributed by atoms with Crippen LogP contribution in [-0.2, 0) is 26.5 Å². The molecule has 0 aromatic rings. The molecule has 0 atom stereocenters. The minimum atomic E-state index is -0.829. The van der Waals surface area contributed by atoms with Crippen molar-refractivity contribution in [2.45, 2.75) is 6.42 Å². The number of carbonyl (C=O) groups is 1. The number of carboxylic acid groups (broad SMARTS) is 1. The molecule has 0 aromatic carbocycles. The summed E-state index contributed by atoms with van der Waals surface area (Å²) in [4.78, 5) is 9.53. The Morgan fingerprint density at radius 3 is 1.18 bits per heavy atom. The van der Waals surface area contributed by atoms with Gasteiger partial charge in [0, 0.05) is 21.7 Å². The first-order valence-corrected chi connectivity index (χ1v) is 4.93. The summed E-state index contributed by atoms with van der Waals surface area (Å²) < 4.78 is 0. The van der Waals surface area contributed by atoms with Gasteiger partial charge in [0.05, 0.1) is 6.42 Å². The third kappa shape index (κ3) is 18.5. The van der Waals surface area contributed by atoms with Gasteiger partial charge in [-0.25, -0.2) is 0 Å². The fourth-order valence-electron chi connectivity index (χ4n) is 0.765. The smallest absolute Gasteiger partial charge is 0.307 e. The fraction of sp³-hybridized carbons (Fsp3) is 0.0714. The third-order valence-corrected chi connectivity index (χ3v) is 1.43. The van der Waals surface area contributed by atoms with E-state index in [2.05, 4.69) is 6.58 Å². The van der Waals surface area contributed by atoms with E-state index in [1.165, 1.54) is 6.08 Å². The van der Waals surface area contributed by atoms with E-state index in [1.54, 1.807) is 0 Å². The molecule has 0 heterocycles. The maximum absolute atomic E-state index is 9.53. The van der Waals surface area contributed by atoms with Crippen LogP contribution in [0.4, 0.5) is 0 Å². The van der Waals surface area contributed by atoms with Crippen molar-refractivity contribution in [2.75, 3.05) is 0 Å². The fourth-order valence-corrected chi connectivity index (χ4v) is 0.765. The summed E-state index contributed by atoms with van der Waals surface area (Å²) in [5.74, 6) is -0.829. The Hall–Kier alpha value is -0.0757. The van der Waals surface area contributed by atoms with Crippen molar-refractivity contribution in [3.63, 3.8) is 0 Å². The van der Waals surface area contributed by atoms with E-state index in [9.17, 15) is 4.79 Å². The van der Waals surface area contributed by atoms with E-state index in [0.717, 1.165) is 0 Å². The maximum atomic E-state index is 9.53. The summed E-state index contributed by atoms with van der Waals surface area (Å²) in [6.07, 6.45) is 21.4. The number of carboxylic acids is 1. The summed E-state index contributed by atoms with van der Waals surface area (Å²) in [6, 6.07) is 0. The van der Waals surface area contributed by atoms with Gasteiger partial charge in [0.25, 0.3) is 0 Å². The van der Waals surface area contributed by atoms with Crippen molar-refractivity contribution in [1.82, 2.24) is 0 Å². The normalized spacial score (nSPS) is 16.7. The second-order valence-electron chi connectivity index (χ2n) is 2.81. The van der Waals surface area contributed by atoms with Crippen LogP contribution in [0.1, 0.15) is 6.42 Å². The van der Waals surface area contributed by atoms with E-state index >= 15 is 0 Å². The molecule has 0 amide bonds. The zero-order valence-corrected chi connectivity index (χ0v) is 11.2. The molecule has 3 heteroatoms. The average Bonchev–Trinajstić information content (AvgIpc) is 2.98. The Bertz CT molecular complexity index is 148. The summed E-state index contributed by atoms with van der Waals surface area (Å²) in [7, 11) is 0. The first-order chi connectivity index (χ1) is 7.77. The minimum absolute atomic E-state index is 0. The topological polar surface area (TPSA) is 37.3 Å². The molecule has 1 N–H and O–H groups in total. The SMILES string of the molecule is C=CCC(=O)O.[CH]1[CH][CH][CH][CH]1.[CH]1[CH][CH][CH][CH]1.[Ti]. The molecule has 2 saturated carbocycles. The third-order valence-electron chi connectivity index (χ3n) is 1.43. The Labute approximate surface area is 121 Å². The van der Waals surface area contributed by atoms with Crippen LogP contribution in [0.25, 0.3) is 0 Å². The summed E-state index contributed by atoms with van der Waals surface area (Å²) in [6.45, 7) is 3.22. The van der Waals surface area contributed by atoms with E-state index in [0.29, 0.717) is 0 Å². The van der Waals surface area contributed by atoms with Gasteiger partial charge in [0.15, 0.2) is 0 Å². The molecular formula is C14H16O2Ti. The van der Waals surface area contributed by atoms with Gasteiger partial charge in [0.1, 0.15) is 0 Å². The predicted molar refractivity (Wildman–Crippen MR) is 65.4 cm³/mol. The zero-order valence-electron chi connectivity index (χ0n) is 9.62. The molecule has 0 unspecified atom stereocenters. The molecule has 2 aliphatic rings. The molecular weight excluding hydrogens is 248 g/mol. The first-order valence-electron chi connectivity index (χ1n) is 4.93. The van der Waals surface area contributed by atoms with Crippen molar-refractivity contribution in [1.29, 1.82) is 0 Å². The summed E-state index contributed by atoms with van der Waals surface area (Å²) in [5, 5.41) is 7.84. The number of hydrogen-bond acceptors (Lipinski definition) is 1. The van der Waals surface area contributed by atoms with Crippen molar-refractivity contribution >= 4 is 5.97 Å². The van der Waals surface area contributed by atoms with Crippen LogP contribution in [-0.4, -0.2) is 11.1 Å². The molecule has 2 nitrogen and oxygen atoms in total. The van der Waals surface area contributed by atoms with E-state index in [1.807, 2.05) is 64.2 Å². The molecule has 88 valence electrons. The molecule has 0 saturated heterocycles. The van der Waals surface area contributed by atoms with Gasteiger partial charge in [-0.1, -0.05) is 6.08 Å². The summed E-state index contributed by atoms with van der Waals surface area (Å²) >= 11 is 0. The van der Waals surface area contributed by atoms with Crippen molar-refractivity contribution < 1.29 is 31.6 Å². The second-order valence-corrected chi connectivity index (χ2v) is 2.81. The van der Waals surface area contributed by atoms with Gasteiger partial charge in [0.2, 0.25) is 0 Å². The Kier molecular flexibility index (Phi) is 18.0. The van der Waals surface area contributed by atoms with Crippen molar-refractivity contribution in [3.8, 4) is 0 Å². The number of hydrogen-bond donors (Lipinski definition) is 1. The van der Waals surface area contributed by atoms with Gasteiger partial charge in [-0.2, -0.15) is 0 Å². The Morgan fingerprint density at radius 2 is 1.12 bits per heavy atom. The van der Waals surface area contributed by atoms with Crippen LogP contribution in [0.15, 0.2) is 12.7 Å². The van der Waals surface area contributed by atoms with Gasteiger partial charge in [-0.15, -0.1) is 6.58 Å². The van der Waals surface area contributed by atoms with E-state index in [-0.39, 0.29) is 28.1 Å². The molecule has 2 rings (SSSR count). The van der Waals surface area contributed by atoms with Crippen LogP contribution in [0.2, 0.25) is 0 Å². The Morgan fingerprint density at radius 1 is 0.882 bits per heavy atom. The Balaban J connectivity index is 0. The minimum Gasteiger partial charge on any atom is -0.481 e. The predicted octanol–water partition coefficient (Wildman–Crippen LogP) is 2.69. The molecule has 10 radical (unpaired) electrons. The molecule has 0 bridgehead atoms. The number of rotatable bonds is 2. The van der Waals surface area contributed by atoms with Crippen molar-refractivity contribution in [2.24, 2.45) is 0 Å². The molecule has 0 aromatic heterocycles. The van der Waals surface area contributed by atoms with Gasteiger partial charge in [-0.05, 0) is 64.2 Å². The number of aliphatic carboxylic acids is 1. The van der Waals surface area contributed by atoms with Crippen molar-refractivity contribution in [3.05, 3.63) is 76.9 Å². The molecule has 0 aliphatic heterocycles. The van der Waals surface area contributed by atoms with Gasteiger partial charge < -0.3 is 5.11 Å². The molecule has 2 aliphatic carbocycles. The van der Waals surface area contributed by atoms with Crippen LogP contribution in [0.3, 0.4) is 0 Å². The molecule has 17 heavy (non-hydrogen) atoms. The first kappa shape index (κ1) is 19.3. The van der Waals surface area contributed by atoms with Crippen LogP contribution < -0.4 is 0 Å². The van der Waals surface area contributed by atoms with E-state index in [4.69, 9.17) is 5.11 Å².